The first kappa shape index (κ1) is 26.7. The molecule has 0 spiro atoms. The second kappa shape index (κ2) is 11.0. The van der Waals surface area contributed by atoms with Crippen molar-refractivity contribution in [2.24, 2.45) is 0 Å². The number of hydrogen-bond acceptors (Lipinski definition) is 9. The Kier molecular flexibility index (Phi) is 7.93. The molecule has 2 aromatic heterocycles. The summed E-state index contributed by atoms with van der Waals surface area (Å²) >= 11 is 0. The lowest BCUT2D eigenvalue weighted by Gasteiger charge is -2.23. The third-order valence-corrected chi connectivity index (χ3v) is 6.54. The average Bonchev–Trinajstić information content (AvgIpc) is 3.40. The molecule has 0 aliphatic carbocycles. The molecular formula is C25H36N8O4. The molecule has 200 valence electrons. The Morgan fingerprint density at radius 3 is 2.57 bits per heavy atom. The van der Waals surface area contributed by atoms with Crippen LogP contribution in [0.4, 0.5) is 10.6 Å². The Morgan fingerprint density at radius 2 is 1.86 bits per heavy atom. The summed E-state index contributed by atoms with van der Waals surface area (Å²) in [5.41, 5.74) is 9.02. The average molecular weight is 513 g/mol. The van der Waals surface area contributed by atoms with Crippen LogP contribution in [0.15, 0.2) is 36.9 Å². The van der Waals surface area contributed by atoms with Crippen molar-refractivity contribution in [2.45, 2.75) is 57.3 Å². The van der Waals surface area contributed by atoms with E-state index in [0.29, 0.717) is 37.3 Å². The molecule has 0 saturated carbocycles. The monoisotopic (exact) mass is 512 g/mol. The quantitative estimate of drug-likeness (QED) is 0.293. The molecule has 37 heavy (non-hydrogen) atoms. The first-order valence-electron chi connectivity index (χ1n) is 12.3. The Bertz CT molecular complexity index is 1210. The lowest BCUT2D eigenvalue weighted by atomic mass is 9.87. The highest BCUT2D eigenvalue weighted by atomic mass is 16.6. The summed E-state index contributed by atoms with van der Waals surface area (Å²) in [5, 5.41) is 26.9. The van der Waals surface area contributed by atoms with Crippen LogP contribution >= 0.6 is 0 Å². The maximum atomic E-state index is 12.2. The van der Waals surface area contributed by atoms with Crippen LogP contribution in [0.25, 0.3) is 11.2 Å². The number of aliphatic hydroxyl groups is 2. The molecule has 6 N–H and O–H groups in total. The standard InChI is InChI=1S/C25H36N8O4/c1-25(2,3)16-7-5-15(6-8-16)11-28-24(36)27-9-10-32(4)12-17-19(34)20(35)23(37-17)33-14-31-18-21(26)29-13-30-22(18)33/h5-8,13-14,17,19-20,23,34-35H,9-12H2,1-4H3,(H2,26,29,30)(H2,27,28,36)/t17-,19-,20-,23?/m1/s1. The van der Waals surface area contributed by atoms with Gasteiger partial charge in [0.25, 0.3) is 0 Å². The second-order valence-corrected chi connectivity index (χ2v) is 10.4. The summed E-state index contributed by atoms with van der Waals surface area (Å²) in [7, 11) is 1.85. The van der Waals surface area contributed by atoms with E-state index >= 15 is 0 Å². The van der Waals surface area contributed by atoms with Crippen LogP contribution in [0, 0.1) is 0 Å². The minimum absolute atomic E-state index is 0.0886. The van der Waals surface area contributed by atoms with Gasteiger partial charge in [0.15, 0.2) is 17.7 Å². The molecule has 1 unspecified atom stereocenters. The van der Waals surface area contributed by atoms with Crippen molar-refractivity contribution in [3.63, 3.8) is 0 Å². The van der Waals surface area contributed by atoms with E-state index in [9.17, 15) is 15.0 Å². The van der Waals surface area contributed by atoms with Gasteiger partial charge in [-0.25, -0.2) is 19.7 Å². The van der Waals surface area contributed by atoms with Gasteiger partial charge in [0.05, 0.1) is 6.33 Å². The fourth-order valence-corrected chi connectivity index (χ4v) is 4.29. The summed E-state index contributed by atoms with van der Waals surface area (Å²) < 4.78 is 7.52. The van der Waals surface area contributed by atoms with Gasteiger partial charge in [-0.15, -0.1) is 0 Å². The second-order valence-electron chi connectivity index (χ2n) is 10.4. The smallest absolute Gasteiger partial charge is 0.315 e. The zero-order valence-corrected chi connectivity index (χ0v) is 21.6. The van der Waals surface area contributed by atoms with Crippen molar-refractivity contribution in [2.75, 3.05) is 32.4 Å². The van der Waals surface area contributed by atoms with E-state index in [1.165, 1.54) is 18.2 Å². The number of imidazole rings is 1. The summed E-state index contributed by atoms with van der Waals surface area (Å²) in [6.07, 6.45) is -1.02. The van der Waals surface area contributed by atoms with Gasteiger partial charge in [0.1, 0.15) is 30.2 Å². The zero-order valence-electron chi connectivity index (χ0n) is 21.6. The highest BCUT2D eigenvalue weighted by Crippen LogP contribution is 2.32. The van der Waals surface area contributed by atoms with E-state index in [2.05, 4.69) is 58.5 Å². The number of nitrogens with one attached hydrogen (secondary N) is 2. The third kappa shape index (κ3) is 6.16. The molecule has 1 saturated heterocycles. The third-order valence-electron chi connectivity index (χ3n) is 6.54. The molecule has 12 heteroatoms. The first-order valence-corrected chi connectivity index (χ1v) is 12.3. The minimum Gasteiger partial charge on any atom is -0.387 e. The Labute approximate surface area is 215 Å². The van der Waals surface area contributed by atoms with Crippen molar-refractivity contribution in [1.82, 2.24) is 35.1 Å². The normalized spacial score (nSPS) is 22.0. The number of fused-ring (bicyclic) bond motifs is 1. The molecule has 12 nitrogen and oxygen atoms in total. The number of carbonyl (C=O) groups excluding carboxylic acids is 1. The largest absolute Gasteiger partial charge is 0.387 e. The number of carbonyl (C=O) groups is 1. The summed E-state index contributed by atoms with van der Waals surface area (Å²) in [6, 6.07) is 7.97. The number of nitrogens with zero attached hydrogens (tertiary/aromatic N) is 5. The number of hydrogen-bond donors (Lipinski definition) is 5. The zero-order chi connectivity index (χ0) is 26.7. The topological polar surface area (TPSA) is 164 Å². The first-order chi connectivity index (χ1) is 17.5. The molecule has 3 aromatic rings. The van der Waals surface area contributed by atoms with Gasteiger partial charge < -0.3 is 36.2 Å². The summed E-state index contributed by atoms with van der Waals surface area (Å²) in [6.45, 7) is 8.21. The number of amides is 2. The van der Waals surface area contributed by atoms with Crippen molar-refractivity contribution in [3.05, 3.63) is 48.0 Å². The minimum atomic E-state index is -1.17. The van der Waals surface area contributed by atoms with Gasteiger partial charge in [0.2, 0.25) is 0 Å². The van der Waals surface area contributed by atoms with E-state index in [4.69, 9.17) is 10.5 Å². The number of aliphatic hydroxyl groups excluding tert-OH is 2. The molecule has 1 fully saturated rings. The lowest BCUT2D eigenvalue weighted by Crippen LogP contribution is -2.43. The van der Waals surface area contributed by atoms with Gasteiger partial charge >= 0.3 is 6.03 Å². The molecule has 2 amide bonds. The number of likely N-dealkylation sites (N-methyl/N-ethyl adjacent to an activating group) is 1. The van der Waals surface area contributed by atoms with E-state index < -0.39 is 24.5 Å². The van der Waals surface area contributed by atoms with Crippen molar-refractivity contribution < 1.29 is 19.7 Å². The van der Waals surface area contributed by atoms with E-state index in [0.717, 1.165) is 5.56 Å². The maximum Gasteiger partial charge on any atom is 0.315 e. The molecule has 4 rings (SSSR count). The molecular weight excluding hydrogens is 476 g/mol. The highest BCUT2D eigenvalue weighted by Gasteiger charge is 2.44. The number of urea groups is 1. The number of anilines is 1. The number of benzene rings is 1. The van der Waals surface area contributed by atoms with Crippen LogP contribution in [0.2, 0.25) is 0 Å². The number of nitrogen functional groups attached to an aromatic ring is 1. The molecule has 1 aliphatic rings. The van der Waals surface area contributed by atoms with E-state index in [-0.39, 0.29) is 17.3 Å². The number of aromatic nitrogens is 4. The predicted molar refractivity (Wildman–Crippen MR) is 139 cm³/mol. The Hall–Kier alpha value is -3.32. The summed E-state index contributed by atoms with van der Waals surface area (Å²) in [5.74, 6) is 0.225. The fraction of sp³-hybridized carbons (Fsp3) is 0.520. The maximum absolute atomic E-state index is 12.2. The van der Waals surface area contributed by atoms with Crippen molar-refractivity contribution >= 4 is 23.0 Å². The number of ether oxygens (including phenoxy) is 1. The van der Waals surface area contributed by atoms with Crippen LogP contribution in [0.1, 0.15) is 38.1 Å². The SMILES string of the molecule is CN(CCNC(=O)NCc1ccc(C(C)(C)C)cc1)C[C@H]1OC(n2cnc3c(N)ncnc32)[C@H](O)[C@@H]1O. The van der Waals surface area contributed by atoms with Gasteiger partial charge in [0, 0.05) is 26.2 Å². The van der Waals surface area contributed by atoms with Crippen molar-refractivity contribution in [1.29, 1.82) is 0 Å². The van der Waals surface area contributed by atoms with Gasteiger partial charge in [-0.2, -0.15) is 0 Å². The van der Waals surface area contributed by atoms with E-state index in [1.54, 1.807) is 4.57 Å². The van der Waals surface area contributed by atoms with Crippen LogP contribution < -0.4 is 16.4 Å². The Balaban J connectivity index is 1.22. The molecule has 1 aromatic carbocycles. The highest BCUT2D eigenvalue weighted by molar-refractivity contribution is 5.81. The van der Waals surface area contributed by atoms with Gasteiger partial charge in [-0.1, -0.05) is 45.0 Å². The van der Waals surface area contributed by atoms with Gasteiger partial charge in [-0.3, -0.25) is 4.57 Å². The lowest BCUT2D eigenvalue weighted by molar-refractivity contribution is -0.0420. The Morgan fingerprint density at radius 1 is 1.14 bits per heavy atom. The van der Waals surface area contributed by atoms with Crippen LogP contribution in [0.3, 0.4) is 0 Å². The van der Waals surface area contributed by atoms with Crippen LogP contribution in [-0.4, -0.2) is 85.7 Å². The molecule has 1 aliphatic heterocycles. The molecule has 4 atom stereocenters. The number of nitrogens with two attached hydrogens (primary N) is 1. The van der Waals surface area contributed by atoms with E-state index in [1.807, 2.05) is 24.1 Å². The van der Waals surface area contributed by atoms with Crippen LogP contribution in [0.5, 0.6) is 0 Å². The predicted octanol–water partition coefficient (Wildman–Crippen LogP) is 0.756. The molecule has 0 radical (unpaired) electrons. The fourth-order valence-electron chi connectivity index (χ4n) is 4.29. The summed E-state index contributed by atoms with van der Waals surface area (Å²) in [4.78, 5) is 26.4. The van der Waals surface area contributed by atoms with Crippen molar-refractivity contribution in [3.8, 4) is 0 Å². The molecule has 3 heterocycles. The molecule has 0 bridgehead atoms. The van der Waals surface area contributed by atoms with Gasteiger partial charge in [-0.05, 0) is 23.6 Å². The number of rotatable bonds is 8. The van der Waals surface area contributed by atoms with Crippen LogP contribution in [-0.2, 0) is 16.7 Å².